The lowest BCUT2D eigenvalue weighted by atomic mass is 10.1. The molecule has 2 N–H and O–H groups in total. The predicted molar refractivity (Wildman–Crippen MR) is 108 cm³/mol. The summed E-state index contributed by atoms with van der Waals surface area (Å²) in [5.41, 5.74) is 7.87. The molecular formula is C21H23N5O3. The van der Waals surface area contributed by atoms with E-state index < -0.39 is 0 Å². The van der Waals surface area contributed by atoms with Crippen molar-refractivity contribution in [3.8, 4) is 17.1 Å². The Bertz CT molecular complexity index is 978. The zero-order valence-corrected chi connectivity index (χ0v) is 16.2. The molecule has 0 unspecified atom stereocenters. The highest BCUT2D eigenvalue weighted by Gasteiger charge is 2.24. The molecule has 8 heteroatoms. The first-order valence-corrected chi connectivity index (χ1v) is 9.47. The van der Waals surface area contributed by atoms with Gasteiger partial charge in [-0.2, -0.15) is 4.98 Å². The molecule has 1 amide bonds. The third-order valence-corrected chi connectivity index (χ3v) is 5.03. The number of hydrogen-bond acceptors (Lipinski definition) is 7. The van der Waals surface area contributed by atoms with Gasteiger partial charge < -0.3 is 19.9 Å². The average Bonchev–Trinajstić information content (AvgIpc) is 3.23. The van der Waals surface area contributed by atoms with E-state index in [1.54, 1.807) is 19.2 Å². The molecule has 1 aliphatic heterocycles. The van der Waals surface area contributed by atoms with Crippen LogP contribution in [0.4, 0.5) is 5.69 Å². The molecule has 1 fully saturated rings. The first-order chi connectivity index (χ1) is 14.1. The molecule has 2 heterocycles. The van der Waals surface area contributed by atoms with Crippen LogP contribution in [0.2, 0.25) is 0 Å². The lowest BCUT2D eigenvalue weighted by Crippen LogP contribution is -2.48. The van der Waals surface area contributed by atoms with Crippen LogP contribution in [0.5, 0.6) is 5.75 Å². The van der Waals surface area contributed by atoms with E-state index in [0.717, 1.165) is 24.4 Å². The predicted octanol–water partition coefficient (Wildman–Crippen LogP) is 2.29. The molecule has 150 valence electrons. The third-order valence-electron chi connectivity index (χ3n) is 5.03. The summed E-state index contributed by atoms with van der Waals surface area (Å²) in [5.74, 6) is 1.86. The number of carbonyl (C=O) groups is 1. The molecule has 1 saturated heterocycles. The minimum absolute atomic E-state index is 0.0256. The molecule has 0 bridgehead atoms. The number of anilines is 1. The van der Waals surface area contributed by atoms with Gasteiger partial charge in [-0.1, -0.05) is 17.3 Å². The Morgan fingerprint density at radius 1 is 1.10 bits per heavy atom. The molecule has 4 rings (SSSR count). The Hall–Kier alpha value is -3.39. The minimum Gasteiger partial charge on any atom is -0.497 e. The number of nitrogen functional groups attached to an aromatic ring is 1. The number of para-hydroxylation sites is 1. The molecule has 3 aromatic rings. The van der Waals surface area contributed by atoms with Crippen LogP contribution in [0.3, 0.4) is 0 Å². The fourth-order valence-electron chi connectivity index (χ4n) is 3.34. The van der Waals surface area contributed by atoms with E-state index >= 15 is 0 Å². The number of benzene rings is 2. The topological polar surface area (TPSA) is 97.7 Å². The summed E-state index contributed by atoms with van der Waals surface area (Å²) < 4.78 is 10.6. The number of piperazine rings is 1. The van der Waals surface area contributed by atoms with E-state index in [-0.39, 0.29) is 5.91 Å². The van der Waals surface area contributed by atoms with Crippen molar-refractivity contribution in [2.45, 2.75) is 6.54 Å². The van der Waals surface area contributed by atoms with Crippen molar-refractivity contribution >= 4 is 11.6 Å². The Morgan fingerprint density at radius 3 is 2.52 bits per heavy atom. The SMILES string of the molecule is COc1ccc(-c2noc(CN3CCN(C(=O)c4ccccc4N)CC3)n2)cc1. The lowest BCUT2D eigenvalue weighted by Gasteiger charge is -2.34. The second kappa shape index (κ2) is 8.32. The third kappa shape index (κ3) is 4.22. The number of aromatic nitrogens is 2. The second-order valence-electron chi connectivity index (χ2n) is 6.90. The van der Waals surface area contributed by atoms with E-state index in [4.69, 9.17) is 15.0 Å². The zero-order valence-electron chi connectivity index (χ0n) is 16.2. The fraction of sp³-hybridized carbons (Fsp3) is 0.286. The second-order valence-corrected chi connectivity index (χ2v) is 6.90. The molecule has 0 atom stereocenters. The maximum Gasteiger partial charge on any atom is 0.256 e. The van der Waals surface area contributed by atoms with Crippen molar-refractivity contribution in [3.63, 3.8) is 0 Å². The van der Waals surface area contributed by atoms with Gasteiger partial charge >= 0.3 is 0 Å². The molecule has 29 heavy (non-hydrogen) atoms. The fourth-order valence-corrected chi connectivity index (χ4v) is 3.34. The largest absolute Gasteiger partial charge is 0.497 e. The standard InChI is InChI=1S/C21H23N5O3/c1-28-16-8-6-15(7-9-16)20-23-19(29-24-20)14-25-10-12-26(13-11-25)21(27)17-4-2-3-5-18(17)22/h2-9H,10-14,22H2,1H3. The van der Waals surface area contributed by atoms with Crippen LogP contribution in [-0.4, -0.2) is 59.1 Å². The molecule has 1 aromatic heterocycles. The first-order valence-electron chi connectivity index (χ1n) is 9.47. The summed E-state index contributed by atoms with van der Waals surface area (Å²) in [6.07, 6.45) is 0. The minimum atomic E-state index is -0.0256. The van der Waals surface area contributed by atoms with E-state index in [0.29, 0.717) is 42.6 Å². The highest BCUT2D eigenvalue weighted by Crippen LogP contribution is 2.20. The molecule has 1 aliphatic rings. The number of hydrogen-bond donors (Lipinski definition) is 1. The zero-order chi connectivity index (χ0) is 20.2. The van der Waals surface area contributed by atoms with Gasteiger partial charge in [0.1, 0.15) is 5.75 Å². The summed E-state index contributed by atoms with van der Waals surface area (Å²) in [6, 6.07) is 14.7. The van der Waals surface area contributed by atoms with E-state index in [9.17, 15) is 4.79 Å². The van der Waals surface area contributed by atoms with Crippen LogP contribution in [0.1, 0.15) is 16.2 Å². The van der Waals surface area contributed by atoms with Crippen LogP contribution >= 0.6 is 0 Å². The van der Waals surface area contributed by atoms with Crippen LogP contribution < -0.4 is 10.5 Å². The summed E-state index contributed by atoms with van der Waals surface area (Å²) >= 11 is 0. The Balaban J connectivity index is 1.33. The maximum atomic E-state index is 12.7. The van der Waals surface area contributed by atoms with Gasteiger partial charge in [0.2, 0.25) is 11.7 Å². The number of ether oxygens (including phenoxy) is 1. The van der Waals surface area contributed by atoms with E-state index in [1.165, 1.54) is 0 Å². The van der Waals surface area contributed by atoms with Gasteiger partial charge in [-0.25, -0.2) is 0 Å². The molecule has 0 aliphatic carbocycles. The smallest absolute Gasteiger partial charge is 0.256 e. The molecule has 2 aromatic carbocycles. The van der Waals surface area contributed by atoms with Gasteiger partial charge in [0, 0.05) is 37.4 Å². The molecular weight excluding hydrogens is 370 g/mol. The van der Waals surface area contributed by atoms with Gasteiger partial charge in [-0.15, -0.1) is 0 Å². The Morgan fingerprint density at radius 2 is 1.83 bits per heavy atom. The van der Waals surface area contributed by atoms with Crippen molar-refractivity contribution in [2.24, 2.45) is 0 Å². The van der Waals surface area contributed by atoms with Crippen molar-refractivity contribution < 1.29 is 14.1 Å². The van der Waals surface area contributed by atoms with Crippen molar-refractivity contribution in [1.82, 2.24) is 19.9 Å². The summed E-state index contributed by atoms with van der Waals surface area (Å²) in [5, 5.41) is 4.07. The Labute approximate surface area is 168 Å². The average molecular weight is 393 g/mol. The van der Waals surface area contributed by atoms with Crippen molar-refractivity contribution in [2.75, 3.05) is 39.0 Å². The van der Waals surface area contributed by atoms with Crippen molar-refractivity contribution in [1.29, 1.82) is 0 Å². The number of carbonyl (C=O) groups excluding carboxylic acids is 1. The van der Waals surface area contributed by atoms with E-state index in [1.807, 2.05) is 41.3 Å². The quantitative estimate of drug-likeness (QED) is 0.664. The number of nitrogens with two attached hydrogens (primary N) is 1. The molecule has 0 spiro atoms. The lowest BCUT2D eigenvalue weighted by molar-refractivity contribution is 0.0616. The normalized spacial score (nSPS) is 14.7. The van der Waals surface area contributed by atoms with Crippen molar-refractivity contribution in [3.05, 3.63) is 60.0 Å². The molecule has 0 saturated carbocycles. The van der Waals surface area contributed by atoms with Crippen LogP contribution in [0.15, 0.2) is 53.1 Å². The number of nitrogens with zero attached hydrogens (tertiary/aromatic N) is 4. The highest BCUT2D eigenvalue weighted by atomic mass is 16.5. The first kappa shape index (κ1) is 18.9. The number of amides is 1. The number of methoxy groups -OCH3 is 1. The Kier molecular flexibility index (Phi) is 5.44. The molecule has 0 radical (unpaired) electrons. The monoisotopic (exact) mass is 393 g/mol. The van der Waals surface area contributed by atoms with Gasteiger partial charge in [0.25, 0.3) is 5.91 Å². The summed E-state index contributed by atoms with van der Waals surface area (Å²) in [6.45, 7) is 3.29. The van der Waals surface area contributed by atoms with Gasteiger partial charge in [-0.05, 0) is 36.4 Å². The van der Waals surface area contributed by atoms with Gasteiger partial charge in [0.15, 0.2) is 0 Å². The van der Waals surface area contributed by atoms with Crippen LogP contribution in [0.25, 0.3) is 11.4 Å². The number of rotatable bonds is 5. The van der Waals surface area contributed by atoms with Gasteiger partial charge in [0.05, 0.1) is 19.2 Å². The highest BCUT2D eigenvalue weighted by molar-refractivity contribution is 5.99. The molecule has 8 nitrogen and oxygen atoms in total. The van der Waals surface area contributed by atoms with Crippen LogP contribution in [-0.2, 0) is 6.54 Å². The van der Waals surface area contributed by atoms with Gasteiger partial charge in [-0.3, -0.25) is 9.69 Å². The van der Waals surface area contributed by atoms with Crippen LogP contribution in [0, 0.1) is 0 Å². The van der Waals surface area contributed by atoms with E-state index in [2.05, 4.69) is 15.0 Å². The summed E-state index contributed by atoms with van der Waals surface area (Å²) in [4.78, 5) is 21.2. The maximum absolute atomic E-state index is 12.7. The summed E-state index contributed by atoms with van der Waals surface area (Å²) in [7, 11) is 1.63.